The van der Waals surface area contributed by atoms with Crippen LogP contribution in [-0.4, -0.2) is 53.4 Å². The number of para-hydroxylation sites is 1. The van der Waals surface area contributed by atoms with Crippen LogP contribution >= 0.6 is 11.3 Å². The Morgan fingerprint density at radius 3 is 2.56 bits per heavy atom. The van der Waals surface area contributed by atoms with Crippen molar-refractivity contribution < 1.29 is 9.90 Å². The lowest BCUT2D eigenvalue weighted by Gasteiger charge is -2.19. The molecule has 3 aromatic carbocycles. The van der Waals surface area contributed by atoms with E-state index in [2.05, 4.69) is 27.3 Å². The molecule has 0 saturated heterocycles. The fourth-order valence-electron chi connectivity index (χ4n) is 4.23. The summed E-state index contributed by atoms with van der Waals surface area (Å²) < 4.78 is 1.01. The highest BCUT2D eigenvalue weighted by Crippen LogP contribution is 2.35. The molecule has 8 heteroatoms. The smallest absolute Gasteiger partial charge is 0.251 e. The standard InChI is InChI=1S/C28H27N5O2S/c1-32(17-19-7-3-2-4-8-19)16-15-30-27(35)20-11-13-21(14-12-20)33-18-23(34)25(26(33)29)28-31-22-9-5-6-10-24(22)36-28/h2-14,29,34H,15-18H2,1H3,(H,30,35). The minimum absolute atomic E-state index is 0.125. The van der Waals surface area contributed by atoms with E-state index in [0.29, 0.717) is 22.7 Å². The third kappa shape index (κ3) is 5.00. The van der Waals surface area contributed by atoms with Gasteiger partial charge in [0.25, 0.3) is 5.91 Å². The number of hydrogen-bond acceptors (Lipinski definition) is 6. The fraction of sp³-hybridized carbons (Fsp3) is 0.179. The molecular weight excluding hydrogens is 470 g/mol. The molecule has 7 nitrogen and oxygen atoms in total. The molecule has 0 atom stereocenters. The van der Waals surface area contributed by atoms with Gasteiger partial charge in [-0.15, -0.1) is 11.3 Å². The van der Waals surface area contributed by atoms with Crippen molar-refractivity contribution in [2.24, 2.45) is 0 Å². The summed E-state index contributed by atoms with van der Waals surface area (Å²) in [5, 5.41) is 22.9. The zero-order valence-electron chi connectivity index (χ0n) is 19.9. The van der Waals surface area contributed by atoms with Crippen LogP contribution in [0.1, 0.15) is 20.9 Å². The van der Waals surface area contributed by atoms with E-state index in [-0.39, 0.29) is 24.0 Å². The van der Waals surface area contributed by atoms with E-state index in [1.807, 2.05) is 49.5 Å². The van der Waals surface area contributed by atoms with Crippen molar-refractivity contribution in [2.45, 2.75) is 6.54 Å². The first kappa shape index (κ1) is 23.7. The molecule has 182 valence electrons. The molecule has 1 aliphatic heterocycles. The van der Waals surface area contributed by atoms with Gasteiger partial charge in [0.2, 0.25) is 0 Å². The average molecular weight is 498 g/mol. The normalized spacial score (nSPS) is 13.7. The number of aliphatic hydroxyl groups is 1. The largest absolute Gasteiger partial charge is 0.510 e. The molecular formula is C28H27N5O2S. The van der Waals surface area contributed by atoms with Crippen LogP contribution in [0.25, 0.3) is 15.8 Å². The molecule has 0 spiro atoms. The Morgan fingerprint density at radius 2 is 1.81 bits per heavy atom. The summed E-state index contributed by atoms with van der Waals surface area (Å²) >= 11 is 1.46. The Morgan fingerprint density at radius 1 is 1.08 bits per heavy atom. The minimum atomic E-state index is -0.137. The van der Waals surface area contributed by atoms with Crippen molar-refractivity contribution in [1.29, 1.82) is 5.41 Å². The second kappa shape index (κ2) is 10.3. The van der Waals surface area contributed by atoms with Crippen molar-refractivity contribution in [3.63, 3.8) is 0 Å². The van der Waals surface area contributed by atoms with E-state index in [4.69, 9.17) is 5.41 Å². The lowest BCUT2D eigenvalue weighted by Crippen LogP contribution is -2.32. The Hall–Kier alpha value is -4.01. The number of thiazole rings is 1. The van der Waals surface area contributed by atoms with E-state index in [0.717, 1.165) is 29.0 Å². The molecule has 5 rings (SSSR count). The predicted octanol–water partition coefficient (Wildman–Crippen LogP) is 4.92. The predicted molar refractivity (Wildman–Crippen MR) is 146 cm³/mol. The zero-order chi connectivity index (χ0) is 25.1. The van der Waals surface area contributed by atoms with Crippen molar-refractivity contribution in [3.8, 4) is 0 Å². The van der Waals surface area contributed by atoms with E-state index in [1.54, 1.807) is 29.2 Å². The highest BCUT2D eigenvalue weighted by atomic mass is 32.1. The highest BCUT2D eigenvalue weighted by Gasteiger charge is 2.31. The average Bonchev–Trinajstić information content (AvgIpc) is 3.44. The number of rotatable bonds is 8. The number of fused-ring (bicyclic) bond motifs is 1. The van der Waals surface area contributed by atoms with Gasteiger partial charge >= 0.3 is 0 Å². The van der Waals surface area contributed by atoms with Crippen molar-refractivity contribution in [3.05, 3.63) is 101 Å². The number of hydrogen-bond donors (Lipinski definition) is 3. The first-order valence-electron chi connectivity index (χ1n) is 11.7. The number of aliphatic hydroxyl groups excluding tert-OH is 1. The summed E-state index contributed by atoms with van der Waals surface area (Å²) in [6, 6.07) is 25.1. The number of amidine groups is 1. The molecule has 0 saturated carbocycles. The third-order valence-corrected chi connectivity index (χ3v) is 7.18. The van der Waals surface area contributed by atoms with Gasteiger partial charge < -0.3 is 20.2 Å². The minimum Gasteiger partial charge on any atom is -0.510 e. The Bertz CT molecular complexity index is 1400. The molecule has 1 amide bonds. The van der Waals surface area contributed by atoms with Gasteiger partial charge in [-0.2, -0.15) is 0 Å². The van der Waals surface area contributed by atoms with Gasteiger partial charge in [0.05, 0.1) is 22.3 Å². The quantitative estimate of drug-likeness (QED) is 0.321. The van der Waals surface area contributed by atoms with Gasteiger partial charge in [0.15, 0.2) is 0 Å². The second-order valence-electron chi connectivity index (χ2n) is 8.77. The lowest BCUT2D eigenvalue weighted by atomic mass is 10.1. The van der Waals surface area contributed by atoms with Gasteiger partial charge in [-0.25, -0.2) is 4.98 Å². The van der Waals surface area contributed by atoms with E-state index in [9.17, 15) is 9.90 Å². The van der Waals surface area contributed by atoms with Crippen molar-refractivity contribution >= 4 is 44.6 Å². The van der Waals surface area contributed by atoms with Gasteiger partial charge in [0, 0.05) is 30.9 Å². The molecule has 0 aliphatic carbocycles. The summed E-state index contributed by atoms with van der Waals surface area (Å²) in [6.45, 7) is 2.31. The van der Waals surface area contributed by atoms with Crippen molar-refractivity contribution in [1.82, 2.24) is 15.2 Å². The maximum atomic E-state index is 12.6. The fourth-order valence-corrected chi connectivity index (χ4v) is 5.27. The number of amides is 1. The maximum Gasteiger partial charge on any atom is 0.251 e. The number of nitrogens with one attached hydrogen (secondary N) is 2. The highest BCUT2D eigenvalue weighted by molar-refractivity contribution is 7.19. The monoisotopic (exact) mass is 497 g/mol. The van der Waals surface area contributed by atoms with Crippen LogP contribution in [0.2, 0.25) is 0 Å². The summed E-state index contributed by atoms with van der Waals surface area (Å²) in [5.74, 6) is 0.188. The summed E-state index contributed by atoms with van der Waals surface area (Å²) in [4.78, 5) is 21.1. The van der Waals surface area contributed by atoms with Gasteiger partial charge in [-0.1, -0.05) is 42.5 Å². The number of benzene rings is 3. The van der Waals surface area contributed by atoms with Crippen LogP contribution < -0.4 is 10.2 Å². The van der Waals surface area contributed by atoms with Crippen LogP contribution in [-0.2, 0) is 6.54 Å². The molecule has 2 heterocycles. The van der Waals surface area contributed by atoms with Crippen LogP contribution in [0.3, 0.4) is 0 Å². The summed E-state index contributed by atoms with van der Waals surface area (Å²) in [6.07, 6.45) is 0. The number of nitrogens with zero attached hydrogens (tertiary/aromatic N) is 3. The lowest BCUT2D eigenvalue weighted by molar-refractivity contribution is 0.0949. The first-order valence-corrected chi connectivity index (χ1v) is 12.6. The number of likely N-dealkylation sites (N-methyl/N-ethyl adjacent to an activating group) is 1. The zero-order valence-corrected chi connectivity index (χ0v) is 20.8. The van der Waals surface area contributed by atoms with E-state index >= 15 is 0 Å². The van der Waals surface area contributed by atoms with E-state index in [1.165, 1.54) is 16.9 Å². The van der Waals surface area contributed by atoms with Gasteiger partial charge in [-0.05, 0) is 49.0 Å². The first-order chi connectivity index (χ1) is 17.5. The third-order valence-electron chi connectivity index (χ3n) is 6.13. The Labute approximate surface area is 213 Å². The van der Waals surface area contributed by atoms with E-state index < -0.39 is 0 Å². The van der Waals surface area contributed by atoms with Gasteiger partial charge in [-0.3, -0.25) is 10.2 Å². The van der Waals surface area contributed by atoms with Crippen molar-refractivity contribution in [2.75, 3.05) is 31.6 Å². The molecule has 0 radical (unpaired) electrons. The summed E-state index contributed by atoms with van der Waals surface area (Å²) in [5.41, 5.74) is 3.84. The van der Waals surface area contributed by atoms with Crippen LogP contribution in [0.5, 0.6) is 0 Å². The molecule has 3 N–H and O–H groups in total. The number of aromatic nitrogens is 1. The summed E-state index contributed by atoms with van der Waals surface area (Å²) in [7, 11) is 2.03. The second-order valence-corrected chi connectivity index (χ2v) is 9.80. The topological polar surface area (TPSA) is 92.6 Å². The molecule has 0 bridgehead atoms. The van der Waals surface area contributed by atoms with Crippen LogP contribution in [0, 0.1) is 5.41 Å². The number of carbonyl (C=O) groups excluding carboxylic acids is 1. The molecule has 4 aromatic rings. The van der Waals surface area contributed by atoms with Crippen LogP contribution in [0.4, 0.5) is 5.69 Å². The molecule has 0 fully saturated rings. The molecule has 1 aliphatic rings. The Kier molecular flexibility index (Phi) is 6.79. The number of anilines is 1. The molecule has 36 heavy (non-hydrogen) atoms. The SMILES string of the molecule is CN(CCNC(=O)c1ccc(N2CC(O)=C(c3nc4ccccc4s3)C2=N)cc1)Cc1ccccc1. The van der Waals surface area contributed by atoms with Crippen LogP contribution in [0.15, 0.2) is 84.6 Å². The maximum absolute atomic E-state index is 12.6. The Balaban J connectivity index is 1.18. The number of carbonyl (C=O) groups is 1. The van der Waals surface area contributed by atoms with Gasteiger partial charge in [0.1, 0.15) is 16.6 Å². The molecule has 1 aromatic heterocycles. The molecule has 0 unspecified atom stereocenters.